The Hall–Kier alpha value is -1.52. The summed E-state index contributed by atoms with van der Waals surface area (Å²) in [5.41, 5.74) is 0.639. The van der Waals surface area contributed by atoms with E-state index in [0.717, 1.165) is 18.9 Å². The predicted molar refractivity (Wildman–Crippen MR) is 62.5 cm³/mol. The van der Waals surface area contributed by atoms with Crippen molar-refractivity contribution in [3.63, 3.8) is 0 Å². The molecule has 1 unspecified atom stereocenters. The maximum Gasteiger partial charge on any atom is 0.256 e. The summed E-state index contributed by atoms with van der Waals surface area (Å²) in [7, 11) is 0. The van der Waals surface area contributed by atoms with Crippen molar-refractivity contribution in [2.24, 2.45) is 5.92 Å². The lowest BCUT2D eigenvalue weighted by molar-refractivity contribution is 0.0943. The molecule has 5 nitrogen and oxygen atoms in total. The summed E-state index contributed by atoms with van der Waals surface area (Å²) >= 11 is 0. The predicted octanol–water partition coefficient (Wildman–Crippen LogP) is 1.08. The van der Waals surface area contributed by atoms with Gasteiger partial charge in [0.2, 0.25) is 0 Å². The molecule has 1 aliphatic rings. The molecule has 1 amide bonds. The van der Waals surface area contributed by atoms with Crippen molar-refractivity contribution in [3.8, 4) is 0 Å². The summed E-state index contributed by atoms with van der Waals surface area (Å²) in [5, 5.41) is 10.4. The molecular formula is C11H18N4O. The Morgan fingerprint density at radius 1 is 1.69 bits per heavy atom. The average Bonchev–Trinajstić information content (AvgIpc) is 2.59. The lowest BCUT2D eigenvalue weighted by Gasteiger charge is -2.22. The van der Waals surface area contributed by atoms with Crippen LogP contribution >= 0.6 is 0 Å². The summed E-state index contributed by atoms with van der Waals surface area (Å²) < 4.78 is 1.86. The first-order chi connectivity index (χ1) is 7.58. The molecule has 0 radical (unpaired) electrons. The standard InChI is InChI=1S/C11H18N4O/c1-7(2)14-11(16)9-5-13-15-6-8(3)4-12-10(9)15/h5,7-8,12H,4,6H2,1-3H3,(H,14,16). The molecular weight excluding hydrogens is 204 g/mol. The molecule has 5 heteroatoms. The van der Waals surface area contributed by atoms with Gasteiger partial charge < -0.3 is 10.6 Å². The van der Waals surface area contributed by atoms with Crippen molar-refractivity contribution in [2.75, 3.05) is 11.9 Å². The third-order valence-corrected chi connectivity index (χ3v) is 2.61. The van der Waals surface area contributed by atoms with Crippen molar-refractivity contribution in [1.82, 2.24) is 15.1 Å². The molecule has 0 aliphatic carbocycles. The van der Waals surface area contributed by atoms with Crippen LogP contribution in [0.1, 0.15) is 31.1 Å². The van der Waals surface area contributed by atoms with Gasteiger partial charge in [0.05, 0.1) is 6.20 Å². The first-order valence-electron chi connectivity index (χ1n) is 5.68. The number of carbonyl (C=O) groups is 1. The minimum Gasteiger partial charge on any atom is -0.369 e. The molecule has 16 heavy (non-hydrogen) atoms. The molecule has 0 spiro atoms. The third-order valence-electron chi connectivity index (χ3n) is 2.61. The van der Waals surface area contributed by atoms with E-state index in [1.165, 1.54) is 0 Å². The van der Waals surface area contributed by atoms with E-state index in [0.29, 0.717) is 11.5 Å². The normalized spacial score (nSPS) is 19.1. The number of fused-ring (bicyclic) bond motifs is 1. The zero-order valence-corrected chi connectivity index (χ0v) is 9.95. The van der Waals surface area contributed by atoms with E-state index in [-0.39, 0.29) is 11.9 Å². The Morgan fingerprint density at radius 2 is 2.44 bits per heavy atom. The van der Waals surface area contributed by atoms with Gasteiger partial charge in [-0.3, -0.25) is 4.79 Å². The molecule has 2 N–H and O–H groups in total. The Balaban J connectivity index is 2.20. The van der Waals surface area contributed by atoms with Crippen LogP contribution in [0.15, 0.2) is 6.20 Å². The molecule has 2 rings (SSSR count). The number of hydrogen-bond acceptors (Lipinski definition) is 3. The SMILES string of the molecule is CC1CNc2c(C(=O)NC(C)C)cnn2C1. The first-order valence-corrected chi connectivity index (χ1v) is 5.68. The topological polar surface area (TPSA) is 59.0 Å². The van der Waals surface area contributed by atoms with Crippen molar-refractivity contribution in [2.45, 2.75) is 33.4 Å². The number of hydrogen-bond donors (Lipinski definition) is 2. The highest BCUT2D eigenvalue weighted by molar-refractivity contribution is 5.98. The lowest BCUT2D eigenvalue weighted by atomic mass is 10.1. The van der Waals surface area contributed by atoms with Crippen molar-refractivity contribution >= 4 is 11.7 Å². The van der Waals surface area contributed by atoms with E-state index < -0.39 is 0 Å². The quantitative estimate of drug-likeness (QED) is 0.787. The number of anilines is 1. The second-order valence-corrected chi connectivity index (χ2v) is 4.70. The van der Waals surface area contributed by atoms with Crippen LogP contribution in [0.2, 0.25) is 0 Å². The fraction of sp³-hybridized carbons (Fsp3) is 0.636. The van der Waals surface area contributed by atoms with Crippen molar-refractivity contribution < 1.29 is 4.79 Å². The molecule has 2 heterocycles. The van der Waals surface area contributed by atoms with Gasteiger partial charge in [0.1, 0.15) is 11.4 Å². The summed E-state index contributed by atoms with van der Waals surface area (Å²) in [6, 6.07) is 0.144. The summed E-state index contributed by atoms with van der Waals surface area (Å²) in [4.78, 5) is 11.9. The number of aromatic nitrogens is 2. The molecule has 88 valence electrons. The van der Waals surface area contributed by atoms with Gasteiger partial charge in [0.15, 0.2) is 0 Å². The molecule has 1 atom stereocenters. The number of carbonyl (C=O) groups excluding carboxylic acids is 1. The highest BCUT2D eigenvalue weighted by Gasteiger charge is 2.22. The molecule has 0 bridgehead atoms. The first kappa shape index (κ1) is 11.0. The summed E-state index contributed by atoms with van der Waals surface area (Å²) in [6.07, 6.45) is 1.64. The van der Waals surface area contributed by atoms with E-state index in [4.69, 9.17) is 0 Å². The fourth-order valence-electron chi connectivity index (χ4n) is 1.85. The van der Waals surface area contributed by atoms with Gasteiger partial charge in [-0.25, -0.2) is 4.68 Å². The number of amides is 1. The van der Waals surface area contributed by atoms with Crippen molar-refractivity contribution in [3.05, 3.63) is 11.8 Å². The van der Waals surface area contributed by atoms with Crippen LogP contribution in [0.5, 0.6) is 0 Å². The Kier molecular flexibility index (Phi) is 2.85. The molecule has 0 aromatic carbocycles. The Bertz CT molecular complexity index is 397. The van der Waals surface area contributed by atoms with Gasteiger partial charge in [-0.1, -0.05) is 6.92 Å². The largest absolute Gasteiger partial charge is 0.369 e. The van der Waals surface area contributed by atoms with Crippen LogP contribution in [0.25, 0.3) is 0 Å². The fourth-order valence-corrected chi connectivity index (χ4v) is 1.85. The van der Waals surface area contributed by atoms with E-state index in [1.807, 2.05) is 18.5 Å². The van der Waals surface area contributed by atoms with E-state index in [9.17, 15) is 4.79 Å². The number of rotatable bonds is 2. The highest BCUT2D eigenvalue weighted by atomic mass is 16.1. The van der Waals surface area contributed by atoms with E-state index in [1.54, 1.807) is 6.20 Å². The van der Waals surface area contributed by atoms with Gasteiger partial charge in [0.25, 0.3) is 5.91 Å². The molecule has 0 fully saturated rings. The van der Waals surface area contributed by atoms with Crippen LogP contribution in [-0.2, 0) is 6.54 Å². The van der Waals surface area contributed by atoms with Gasteiger partial charge in [0, 0.05) is 19.1 Å². The molecule has 0 saturated heterocycles. The summed E-state index contributed by atoms with van der Waals surface area (Å²) in [6.45, 7) is 7.82. The average molecular weight is 222 g/mol. The zero-order chi connectivity index (χ0) is 11.7. The van der Waals surface area contributed by atoms with Gasteiger partial charge in [-0.2, -0.15) is 5.10 Å². The minimum atomic E-state index is -0.0571. The van der Waals surface area contributed by atoms with Crippen LogP contribution in [0.4, 0.5) is 5.82 Å². The molecule has 1 aromatic rings. The molecule has 0 saturated carbocycles. The Labute approximate surface area is 95.2 Å². The Morgan fingerprint density at radius 3 is 3.12 bits per heavy atom. The van der Waals surface area contributed by atoms with Crippen LogP contribution < -0.4 is 10.6 Å². The second-order valence-electron chi connectivity index (χ2n) is 4.70. The van der Waals surface area contributed by atoms with Crippen LogP contribution in [0, 0.1) is 5.92 Å². The minimum absolute atomic E-state index is 0.0571. The van der Waals surface area contributed by atoms with E-state index in [2.05, 4.69) is 22.7 Å². The second kappa shape index (κ2) is 4.15. The zero-order valence-electron chi connectivity index (χ0n) is 9.95. The molecule has 1 aliphatic heterocycles. The highest BCUT2D eigenvalue weighted by Crippen LogP contribution is 2.21. The van der Waals surface area contributed by atoms with Crippen LogP contribution in [0.3, 0.4) is 0 Å². The monoisotopic (exact) mass is 222 g/mol. The maximum atomic E-state index is 11.9. The summed E-state index contributed by atoms with van der Waals surface area (Å²) in [5.74, 6) is 1.34. The lowest BCUT2D eigenvalue weighted by Crippen LogP contribution is -2.32. The smallest absolute Gasteiger partial charge is 0.256 e. The van der Waals surface area contributed by atoms with Crippen LogP contribution in [-0.4, -0.2) is 28.3 Å². The van der Waals surface area contributed by atoms with Crippen molar-refractivity contribution in [1.29, 1.82) is 0 Å². The number of nitrogens with zero attached hydrogens (tertiary/aromatic N) is 2. The number of nitrogens with one attached hydrogen (secondary N) is 2. The van der Waals surface area contributed by atoms with Gasteiger partial charge >= 0.3 is 0 Å². The van der Waals surface area contributed by atoms with E-state index >= 15 is 0 Å². The van der Waals surface area contributed by atoms with Gasteiger partial charge in [-0.15, -0.1) is 0 Å². The molecule has 1 aromatic heterocycles. The van der Waals surface area contributed by atoms with Gasteiger partial charge in [-0.05, 0) is 19.8 Å². The third kappa shape index (κ3) is 2.03. The maximum absolute atomic E-state index is 11.9.